The molecule has 1 aromatic rings. The first-order chi connectivity index (χ1) is 9.81. The summed E-state index contributed by atoms with van der Waals surface area (Å²) in [7, 11) is 0. The molecule has 0 aromatic heterocycles. The standard InChI is InChI=1S/C18H25NS/c1-12(17-9-13-6-7-14(17)8-13)19-10-15-11-20-18-5-3-2-4-16(15)18/h2-5,12-15,17,19H,6-11H2,1H3. The van der Waals surface area contributed by atoms with E-state index in [9.17, 15) is 0 Å². The summed E-state index contributed by atoms with van der Waals surface area (Å²) in [5.41, 5.74) is 1.57. The van der Waals surface area contributed by atoms with Gasteiger partial charge in [-0.25, -0.2) is 0 Å². The van der Waals surface area contributed by atoms with Crippen molar-refractivity contribution in [1.29, 1.82) is 0 Å². The number of nitrogens with one attached hydrogen (secondary N) is 1. The molecular weight excluding hydrogens is 262 g/mol. The molecule has 1 heterocycles. The van der Waals surface area contributed by atoms with Crippen LogP contribution < -0.4 is 5.32 Å². The van der Waals surface area contributed by atoms with E-state index in [0.29, 0.717) is 6.04 Å². The van der Waals surface area contributed by atoms with Gasteiger partial charge in [-0.2, -0.15) is 0 Å². The Kier molecular flexibility index (Phi) is 3.55. The van der Waals surface area contributed by atoms with Crippen LogP contribution in [0.1, 0.15) is 44.1 Å². The van der Waals surface area contributed by atoms with Crippen LogP contribution in [0.15, 0.2) is 29.2 Å². The Morgan fingerprint density at radius 2 is 2.15 bits per heavy atom. The largest absolute Gasteiger partial charge is 0.313 e. The number of hydrogen-bond donors (Lipinski definition) is 1. The van der Waals surface area contributed by atoms with Gasteiger partial charge in [-0.1, -0.05) is 24.6 Å². The summed E-state index contributed by atoms with van der Waals surface area (Å²) in [5.74, 6) is 5.04. The number of benzene rings is 1. The molecule has 2 bridgehead atoms. The summed E-state index contributed by atoms with van der Waals surface area (Å²) in [6.07, 6.45) is 6.04. The smallest absolute Gasteiger partial charge is 0.0108 e. The van der Waals surface area contributed by atoms with Crippen LogP contribution in [0.3, 0.4) is 0 Å². The van der Waals surface area contributed by atoms with Crippen LogP contribution in [0.5, 0.6) is 0 Å². The summed E-state index contributed by atoms with van der Waals surface area (Å²) in [5, 5.41) is 3.88. The quantitative estimate of drug-likeness (QED) is 0.886. The summed E-state index contributed by atoms with van der Waals surface area (Å²) >= 11 is 2.03. The van der Waals surface area contributed by atoms with Gasteiger partial charge >= 0.3 is 0 Å². The molecule has 2 heteroatoms. The van der Waals surface area contributed by atoms with Crippen LogP contribution >= 0.6 is 11.8 Å². The van der Waals surface area contributed by atoms with Gasteiger partial charge in [0, 0.05) is 29.2 Å². The second-order valence-electron chi connectivity index (χ2n) is 7.08. The molecule has 4 rings (SSSR count). The molecule has 1 aliphatic heterocycles. The molecule has 2 aliphatic carbocycles. The summed E-state index contributed by atoms with van der Waals surface area (Å²) < 4.78 is 0. The molecule has 1 aromatic carbocycles. The van der Waals surface area contributed by atoms with E-state index >= 15 is 0 Å². The number of rotatable bonds is 4. The molecule has 1 N–H and O–H groups in total. The third-order valence-corrected chi connectivity index (χ3v) is 7.17. The van der Waals surface area contributed by atoms with Crippen molar-refractivity contribution < 1.29 is 0 Å². The van der Waals surface area contributed by atoms with Crippen LogP contribution in [0.25, 0.3) is 0 Å². The van der Waals surface area contributed by atoms with Crippen LogP contribution in [0.2, 0.25) is 0 Å². The molecule has 2 fully saturated rings. The van der Waals surface area contributed by atoms with Gasteiger partial charge in [0.1, 0.15) is 0 Å². The Balaban J connectivity index is 1.35. The van der Waals surface area contributed by atoms with Gasteiger partial charge in [0.05, 0.1) is 0 Å². The Bertz CT molecular complexity index is 486. The van der Waals surface area contributed by atoms with E-state index in [1.165, 1.54) is 42.9 Å². The number of hydrogen-bond acceptors (Lipinski definition) is 2. The van der Waals surface area contributed by atoms with Gasteiger partial charge in [-0.3, -0.25) is 0 Å². The van der Waals surface area contributed by atoms with Crippen molar-refractivity contribution in [2.45, 2.75) is 49.5 Å². The van der Waals surface area contributed by atoms with E-state index < -0.39 is 0 Å². The van der Waals surface area contributed by atoms with Crippen LogP contribution in [0.4, 0.5) is 0 Å². The molecule has 3 aliphatic rings. The molecule has 0 saturated heterocycles. The molecule has 2 saturated carbocycles. The Morgan fingerprint density at radius 1 is 1.25 bits per heavy atom. The zero-order valence-corrected chi connectivity index (χ0v) is 13.2. The average Bonchev–Trinajstić information content (AvgIpc) is 3.19. The Morgan fingerprint density at radius 3 is 2.95 bits per heavy atom. The first kappa shape index (κ1) is 13.2. The van der Waals surface area contributed by atoms with Gasteiger partial charge in [-0.05, 0) is 55.6 Å². The Hall–Kier alpha value is -0.470. The van der Waals surface area contributed by atoms with Gasteiger partial charge in [0.2, 0.25) is 0 Å². The lowest BCUT2D eigenvalue weighted by molar-refractivity contribution is 0.259. The molecule has 5 atom stereocenters. The molecule has 0 radical (unpaired) electrons. The first-order valence-corrected chi connectivity index (χ1v) is 9.25. The van der Waals surface area contributed by atoms with Crippen molar-refractivity contribution in [3.05, 3.63) is 29.8 Å². The molecule has 0 amide bonds. The fourth-order valence-electron chi connectivity index (χ4n) is 4.78. The monoisotopic (exact) mass is 287 g/mol. The van der Waals surface area contributed by atoms with Gasteiger partial charge < -0.3 is 5.32 Å². The highest BCUT2D eigenvalue weighted by atomic mass is 32.2. The molecular formula is C18H25NS. The third kappa shape index (κ3) is 2.31. The maximum Gasteiger partial charge on any atom is 0.0108 e. The fourth-order valence-corrected chi connectivity index (χ4v) is 6.04. The van der Waals surface area contributed by atoms with E-state index in [4.69, 9.17) is 0 Å². The van der Waals surface area contributed by atoms with E-state index in [0.717, 1.165) is 23.7 Å². The third-order valence-electron chi connectivity index (χ3n) is 5.92. The second kappa shape index (κ2) is 5.38. The summed E-state index contributed by atoms with van der Waals surface area (Å²) in [6, 6.07) is 9.67. The lowest BCUT2D eigenvalue weighted by Crippen LogP contribution is -2.38. The topological polar surface area (TPSA) is 12.0 Å². The molecule has 20 heavy (non-hydrogen) atoms. The van der Waals surface area contributed by atoms with Crippen molar-refractivity contribution in [2.24, 2.45) is 17.8 Å². The second-order valence-corrected chi connectivity index (χ2v) is 8.14. The van der Waals surface area contributed by atoms with Crippen molar-refractivity contribution in [3.63, 3.8) is 0 Å². The predicted molar refractivity (Wildman–Crippen MR) is 86.3 cm³/mol. The van der Waals surface area contributed by atoms with E-state index in [1.54, 1.807) is 5.56 Å². The highest BCUT2D eigenvalue weighted by Crippen LogP contribution is 2.49. The zero-order chi connectivity index (χ0) is 13.5. The maximum atomic E-state index is 3.88. The minimum atomic E-state index is 0.711. The normalized spacial score (nSPS) is 36.2. The van der Waals surface area contributed by atoms with Crippen molar-refractivity contribution >= 4 is 11.8 Å². The molecule has 5 unspecified atom stereocenters. The van der Waals surface area contributed by atoms with Gasteiger partial charge in [0.15, 0.2) is 0 Å². The van der Waals surface area contributed by atoms with Gasteiger partial charge in [0.25, 0.3) is 0 Å². The summed E-state index contributed by atoms with van der Waals surface area (Å²) in [4.78, 5) is 1.51. The van der Waals surface area contributed by atoms with Gasteiger partial charge in [-0.15, -0.1) is 11.8 Å². The van der Waals surface area contributed by atoms with Crippen molar-refractivity contribution in [3.8, 4) is 0 Å². The zero-order valence-electron chi connectivity index (χ0n) is 12.3. The number of thioether (sulfide) groups is 1. The van der Waals surface area contributed by atoms with Crippen LogP contribution in [-0.2, 0) is 0 Å². The fraction of sp³-hybridized carbons (Fsp3) is 0.667. The lowest BCUT2D eigenvalue weighted by atomic mass is 9.84. The first-order valence-electron chi connectivity index (χ1n) is 8.26. The predicted octanol–water partition coefficient (Wildman–Crippen LogP) is 4.29. The number of fused-ring (bicyclic) bond motifs is 3. The van der Waals surface area contributed by atoms with E-state index in [1.807, 2.05) is 11.8 Å². The molecule has 108 valence electrons. The van der Waals surface area contributed by atoms with Crippen molar-refractivity contribution in [2.75, 3.05) is 12.3 Å². The van der Waals surface area contributed by atoms with Crippen molar-refractivity contribution in [1.82, 2.24) is 5.32 Å². The summed E-state index contributed by atoms with van der Waals surface area (Å²) in [6.45, 7) is 3.60. The van der Waals surface area contributed by atoms with Crippen LogP contribution in [0, 0.1) is 17.8 Å². The highest BCUT2D eigenvalue weighted by Gasteiger charge is 2.41. The highest BCUT2D eigenvalue weighted by molar-refractivity contribution is 7.99. The molecule has 0 spiro atoms. The lowest BCUT2D eigenvalue weighted by Gasteiger charge is -2.29. The minimum absolute atomic E-state index is 0.711. The van der Waals surface area contributed by atoms with Crippen LogP contribution in [-0.4, -0.2) is 18.3 Å². The maximum absolute atomic E-state index is 3.88. The van der Waals surface area contributed by atoms with E-state index in [-0.39, 0.29) is 0 Å². The average molecular weight is 287 g/mol. The minimum Gasteiger partial charge on any atom is -0.313 e. The SMILES string of the molecule is CC(NCC1CSc2ccccc21)C1CC2CCC1C2. The molecule has 1 nitrogen and oxygen atoms in total. The Labute approximate surface area is 126 Å². The van der Waals surface area contributed by atoms with E-state index in [2.05, 4.69) is 36.5 Å².